The second kappa shape index (κ2) is 4.47. The minimum Gasteiger partial charge on any atom is -0.370 e. The molecule has 2 heteroatoms. The van der Waals surface area contributed by atoms with Crippen LogP contribution in [0.3, 0.4) is 0 Å². The Kier molecular flexibility index (Phi) is 3.04. The van der Waals surface area contributed by atoms with E-state index < -0.39 is 0 Å². The van der Waals surface area contributed by atoms with Crippen molar-refractivity contribution in [3.05, 3.63) is 36.8 Å². The lowest BCUT2D eigenvalue weighted by Crippen LogP contribution is -2.27. The molecule has 0 aromatic heterocycles. The Balaban J connectivity index is 2.08. The van der Waals surface area contributed by atoms with E-state index in [2.05, 4.69) is 41.4 Å². The summed E-state index contributed by atoms with van der Waals surface area (Å²) in [4.78, 5) is 2.43. The number of anilines is 1. The SMILES string of the molecule is [CH2]c1ccc(N2CCCNCC2)cc1. The molecular weight excluding hydrogens is 172 g/mol. The molecular formula is C12H17N2. The summed E-state index contributed by atoms with van der Waals surface area (Å²) < 4.78 is 0. The van der Waals surface area contributed by atoms with E-state index in [-0.39, 0.29) is 0 Å². The molecule has 0 spiro atoms. The van der Waals surface area contributed by atoms with Crippen LogP contribution in [-0.4, -0.2) is 26.2 Å². The van der Waals surface area contributed by atoms with E-state index in [9.17, 15) is 0 Å². The topological polar surface area (TPSA) is 15.3 Å². The summed E-state index contributed by atoms with van der Waals surface area (Å²) >= 11 is 0. The molecule has 1 radical (unpaired) electrons. The molecule has 2 rings (SSSR count). The monoisotopic (exact) mass is 189 g/mol. The maximum atomic E-state index is 3.89. The zero-order valence-corrected chi connectivity index (χ0v) is 8.50. The van der Waals surface area contributed by atoms with E-state index in [1.165, 1.54) is 12.1 Å². The summed E-state index contributed by atoms with van der Waals surface area (Å²) in [6.07, 6.45) is 1.23. The van der Waals surface area contributed by atoms with E-state index in [1.54, 1.807) is 0 Å². The molecule has 0 amide bonds. The summed E-state index contributed by atoms with van der Waals surface area (Å²) in [6, 6.07) is 8.47. The molecule has 1 aliphatic rings. The van der Waals surface area contributed by atoms with Gasteiger partial charge in [0, 0.05) is 25.3 Å². The number of nitrogens with zero attached hydrogens (tertiary/aromatic N) is 1. The van der Waals surface area contributed by atoms with E-state index in [4.69, 9.17) is 0 Å². The molecule has 0 aliphatic carbocycles. The Morgan fingerprint density at radius 2 is 1.86 bits per heavy atom. The van der Waals surface area contributed by atoms with Crippen LogP contribution in [0.5, 0.6) is 0 Å². The zero-order chi connectivity index (χ0) is 9.80. The van der Waals surface area contributed by atoms with Gasteiger partial charge in [-0.15, -0.1) is 0 Å². The average molecular weight is 189 g/mol. The van der Waals surface area contributed by atoms with Crippen LogP contribution in [0.15, 0.2) is 24.3 Å². The Bertz CT molecular complexity index is 271. The third kappa shape index (κ3) is 2.26. The highest BCUT2D eigenvalue weighted by atomic mass is 15.2. The summed E-state index contributed by atoms with van der Waals surface area (Å²) in [5.41, 5.74) is 2.41. The van der Waals surface area contributed by atoms with Crippen molar-refractivity contribution >= 4 is 5.69 Å². The Labute approximate surface area is 85.9 Å². The van der Waals surface area contributed by atoms with Crippen molar-refractivity contribution in [1.29, 1.82) is 0 Å². The maximum absolute atomic E-state index is 3.89. The van der Waals surface area contributed by atoms with Crippen LogP contribution >= 0.6 is 0 Å². The molecule has 1 saturated heterocycles. The van der Waals surface area contributed by atoms with Gasteiger partial charge in [-0.2, -0.15) is 0 Å². The van der Waals surface area contributed by atoms with E-state index in [1.807, 2.05) is 0 Å². The van der Waals surface area contributed by atoms with Gasteiger partial charge in [-0.05, 0) is 37.6 Å². The second-order valence-corrected chi connectivity index (χ2v) is 3.76. The standard InChI is InChI=1S/C12H17N2/c1-11-3-5-12(6-4-11)14-9-2-7-13-8-10-14/h3-6,13H,1-2,7-10H2. The first-order valence-electron chi connectivity index (χ1n) is 5.24. The van der Waals surface area contributed by atoms with Crippen LogP contribution in [0.4, 0.5) is 5.69 Å². The average Bonchev–Trinajstić information content (AvgIpc) is 2.47. The molecule has 1 aromatic rings. The molecule has 2 nitrogen and oxygen atoms in total. The molecule has 1 aromatic carbocycles. The van der Waals surface area contributed by atoms with Gasteiger partial charge in [0.05, 0.1) is 0 Å². The van der Waals surface area contributed by atoms with Crippen LogP contribution in [-0.2, 0) is 0 Å². The van der Waals surface area contributed by atoms with Gasteiger partial charge >= 0.3 is 0 Å². The van der Waals surface area contributed by atoms with Crippen LogP contribution < -0.4 is 10.2 Å². The van der Waals surface area contributed by atoms with E-state index >= 15 is 0 Å². The maximum Gasteiger partial charge on any atom is 0.0366 e. The van der Waals surface area contributed by atoms with Crippen molar-refractivity contribution in [2.75, 3.05) is 31.1 Å². The summed E-state index contributed by atoms with van der Waals surface area (Å²) in [5.74, 6) is 0. The summed E-state index contributed by atoms with van der Waals surface area (Å²) in [5, 5.41) is 3.40. The molecule has 14 heavy (non-hydrogen) atoms. The fourth-order valence-corrected chi connectivity index (χ4v) is 1.81. The number of hydrogen-bond donors (Lipinski definition) is 1. The molecule has 1 fully saturated rings. The Hall–Kier alpha value is -1.02. The molecule has 1 heterocycles. The summed E-state index contributed by atoms with van der Waals surface area (Å²) in [6.45, 7) is 8.39. The molecule has 0 unspecified atom stereocenters. The second-order valence-electron chi connectivity index (χ2n) is 3.76. The number of nitrogens with one attached hydrogen (secondary N) is 1. The van der Waals surface area contributed by atoms with Gasteiger partial charge in [-0.25, -0.2) is 0 Å². The van der Waals surface area contributed by atoms with Crippen LogP contribution in [0.1, 0.15) is 12.0 Å². The molecule has 0 atom stereocenters. The Morgan fingerprint density at radius 3 is 2.64 bits per heavy atom. The fraction of sp³-hybridized carbons (Fsp3) is 0.417. The number of benzene rings is 1. The van der Waals surface area contributed by atoms with Crippen molar-refractivity contribution in [2.24, 2.45) is 0 Å². The first-order valence-corrected chi connectivity index (χ1v) is 5.24. The fourth-order valence-electron chi connectivity index (χ4n) is 1.81. The van der Waals surface area contributed by atoms with Crippen LogP contribution in [0.2, 0.25) is 0 Å². The first-order chi connectivity index (χ1) is 6.86. The van der Waals surface area contributed by atoms with Gasteiger partial charge in [0.1, 0.15) is 0 Å². The zero-order valence-electron chi connectivity index (χ0n) is 8.50. The highest BCUT2D eigenvalue weighted by Crippen LogP contribution is 2.15. The smallest absolute Gasteiger partial charge is 0.0366 e. The van der Waals surface area contributed by atoms with Crippen LogP contribution in [0.25, 0.3) is 0 Å². The van der Waals surface area contributed by atoms with Gasteiger partial charge in [0.25, 0.3) is 0 Å². The largest absolute Gasteiger partial charge is 0.370 e. The first kappa shape index (κ1) is 9.53. The Morgan fingerprint density at radius 1 is 1.07 bits per heavy atom. The normalized spacial score (nSPS) is 17.9. The van der Waals surface area contributed by atoms with Gasteiger partial charge in [-0.1, -0.05) is 12.1 Å². The predicted molar refractivity (Wildman–Crippen MR) is 60.6 cm³/mol. The summed E-state index contributed by atoms with van der Waals surface area (Å²) in [7, 11) is 0. The van der Waals surface area contributed by atoms with Gasteiger partial charge in [0.2, 0.25) is 0 Å². The quantitative estimate of drug-likeness (QED) is 0.723. The highest BCUT2D eigenvalue weighted by molar-refractivity contribution is 5.48. The predicted octanol–water partition coefficient (Wildman–Crippen LogP) is 1.67. The van der Waals surface area contributed by atoms with Crippen molar-refractivity contribution in [2.45, 2.75) is 6.42 Å². The highest BCUT2D eigenvalue weighted by Gasteiger charge is 2.08. The van der Waals surface area contributed by atoms with Gasteiger partial charge < -0.3 is 10.2 Å². The van der Waals surface area contributed by atoms with E-state index in [0.717, 1.165) is 31.7 Å². The minimum absolute atomic E-state index is 1.08. The molecule has 75 valence electrons. The van der Waals surface area contributed by atoms with Gasteiger partial charge in [-0.3, -0.25) is 0 Å². The van der Waals surface area contributed by atoms with Crippen molar-refractivity contribution in [3.8, 4) is 0 Å². The third-order valence-corrected chi connectivity index (χ3v) is 2.64. The number of hydrogen-bond acceptors (Lipinski definition) is 2. The molecule has 0 bridgehead atoms. The molecule has 1 aliphatic heterocycles. The van der Waals surface area contributed by atoms with Gasteiger partial charge in [0.15, 0.2) is 0 Å². The molecule has 0 saturated carbocycles. The minimum atomic E-state index is 1.08. The third-order valence-electron chi connectivity index (χ3n) is 2.64. The van der Waals surface area contributed by atoms with E-state index in [0.29, 0.717) is 0 Å². The van der Waals surface area contributed by atoms with Crippen molar-refractivity contribution in [3.63, 3.8) is 0 Å². The molecule has 1 N–H and O–H groups in total. The lowest BCUT2D eigenvalue weighted by atomic mass is 10.2. The lowest BCUT2D eigenvalue weighted by Gasteiger charge is -2.22. The van der Waals surface area contributed by atoms with Crippen LogP contribution in [0, 0.1) is 6.92 Å². The van der Waals surface area contributed by atoms with Crippen molar-refractivity contribution < 1.29 is 0 Å². The number of rotatable bonds is 1. The lowest BCUT2D eigenvalue weighted by molar-refractivity contribution is 0.724. The van der Waals surface area contributed by atoms with Crippen molar-refractivity contribution in [1.82, 2.24) is 5.32 Å².